The Bertz CT molecular complexity index is 929. The van der Waals surface area contributed by atoms with E-state index < -0.39 is 24.0 Å². The number of hydrogen-bond acceptors (Lipinski definition) is 7. The van der Waals surface area contributed by atoms with E-state index in [1.807, 2.05) is 18.2 Å². The number of morpholine rings is 1. The number of halogens is 1. The normalized spacial score (nSPS) is 22.5. The number of ether oxygens (including phenoxy) is 3. The Kier molecular flexibility index (Phi) is 6.13. The number of rotatable bonds is 3. The van der Waals surface area contributed by atoms with Crippen molar-refractivity contribution in [3.8, 4) is 5.88 Å². The Balaban J connectivity index is 1.51. The van der Waals surface area contributed by atoms with Gasteiger partial charge in [-0.3, -0.25) is 4.98 Å². The number of aromatic nitrogens is 2. The minimum Gasteiger partial charge on any atom is -0.471 e. The molecule has 0 unspecified atom stereocenters. The van der Waals surface area contributed by atoms with E-state index in [1.54, 1.807) is 27.0 Å². The van der Waals surface area contributed by atoms with Crippen molar-refractivity contribution < 1.29 is 23.4 Å². The molecule has 0 aromatic carbocycles. The van der Waals surface area contributed by atoms with Crippen LogP contribution in [-0.2, 0) is 9.47 Å². The number of piperidine rings is 1. The fourth-order valence-electron chi connectivity index (χ4n) is 3.73. The summed E-state index contributed by atoms with van der Waals surface area (Å²) in [5, 5.41) is 0.737. The molecule has 2 atom stereocenters. The first-order valence-corrected chi connectivity index (χ1v) is 10.7. The number of pyridine rings is 2. The van der Waals surface area contributed by atoms with Crippen molar-refractivity contribution in [3.63, 3.8) is 0 Å². The van der Waals surface area contributed by atoms with E-state index in [4.69, 9.17) is 19.2 Å². The summed E-state index contributed by atoms with van der Waals surface area (Å²) in [5.74, 6) is 1.11. The highest BCUT2D eigenvalue weighted by Gasteiger charge is 2.35. The number of anilines is 1. The number of carbonyl (C=O) groups is 1. The summed E-state index contributed by atoms with van der Waals surface area (Å²) < 4.78 is 31.9. The lowest BCUT2D eigenvalue weighted by Crippen LogP contribution is -2.50. The minimum absolute atomic E-state index is 0.0705. The van der Waals surface area contributed by atoms with Gasteiger partial charge in [0.2, 0.25) is 5.88 Å². The molecule has 0 bridgehead atoms. The molecule has 1 amide bonds. The van der Waals surface area contributed by atoms with Crippen LogP contribution in [0.1, 0.15) is 27.2 Å². The molecular weight excluding hydrogens is 403 g/mol. The summed E-state index contributed by atoms with van der Waals surface area (Å²) in [6.45, 7) is 8.38. The Morgan fingerprint density at radius 3 is 2.74 bits per heavy atom. The molecular formula is C22H29FN4O4. The molecule has 9 heteroatoms. The zero-order chi connectivity index (χ0) is 22.0. The molecule has 0 saturated carbocycles. The standard InChI is InChI=1S/C22H29FN4O4/c1-22(2,3)31-21(28)27-8-6-18(16(23)14-27)30-20-15-5-4-7-24-17(15)13-19(25-20)26-9-11-29-12-10-26/h4-5,7,13,16,18H,6,8-12,14H2,1-3H3/t16-,18-/m0/s1. The van der Waals surface area contributed by atoms with Gasteiger partial charge in [-0.05, 0) is 32.9 Å². The second-order valence-electron chi connectivity index (χ2n) is 8.84. The summed E-state index contributed by atoms with van der Waals surface area (Å²) in [4.78, 5) is 24.9. The van der Waals surface area contributed by atoms with E-state index in [9.17, 15) is 9.18 Å². The molecule has 2 aromatic rings. The monoisotopic (exact) mass is 432 g/mol. The fraction of sp³-hybridized carbons (Fsp3) is 0.591. The predicted molar refractivity (Wildman–Crippen MR) is 114 cm³/mol. The van der Waals surface area contributed by atoms with Crippen LogP contribution in [0.2, 0.25) is 0 Å². The van der Waals surface area contributed by atoms with Crippen molar-refractivity contribution in [2.24, 2.45) is 0 Å². The Labute approximate surface area is 181 Å². The van der Waals surface area contributed by atoms with Crippen molar-refractivity contribution in [2.45, 2.75) is 45.1 Å². The van der Waals surface area contributed by atoms with Gasteiger partial charge < -0.3 is 24.0 Å². The molecule has 31 heavy (non-hydrogen) atoms. The molecule has 0 spiro atoms. The second kappa shape index (κ2) is 8.82. The lowest BCUT2D eigenvalue weighted by molar-refractivity contribution is -0.0111. The van der Waals surface area contributed by atoms with Crippen LogP contribution in [0.5, 0.6) is 5.88 Å². The second-order valence-corrected chi connectivity index (χ2v) is 8.84. The third-order valence-corrected chi connectivity index (χ3v) is 5.28. The van der Waals surface area contributed by atoms with E-state index in [-0.39, 0.29) is 6.54 Å². The maximum atomic E-state index is 15.0. The molecule has 2 aliphatic rings. The number of fused-ring (bicyclic) bond motifs is 1. The first-order chi connectivity index (χ1) is 14.8. The fourth-order valence-corrected chi connectivity index (χ4v) is 3.73. The van der Waals surface area contributed by atoms with Gasteiger partial charge in [0.25, 0.3) is 0 Å². The smallest absolute Gasteiger partial charge is 0.410 e. The van der Waals surface area contributed by atoms with Crippen molar-refractivity contribution in [1.82, 2.24) is 14.9 Å². The zero-order valence-corrected chi connectivity index (χ0v) is 18.2. The highest BCUT2D eigenvalue weighted by molar-refractivity contribution is 5.85. The van der Waals surface area contributed by atoms with Crippen molar-refractivity contribution in [3.05, 3.63) is 24.4 Å². The summed E-state index contributed by atoms with van der Waals surface area (Å²) in [6.07, 6.45) is -0.481. The van der Waals surface area contributed by atoms with Gasteiger partial charge in [-0.2, -0.15) is 4.98 Å². The Morgan fingerprint density at radius 2 is 2.03 bits per heavy atom. The van der Waals surface area contributed by atoms with Crippen molar-refractivity contribution >= 4 is 22.8 Å². The number of alkyl halides is 1. The van der Waals surface area contributed by atoms with Crippen LogP contribution in [-0.4, -0.2) is 78.2 Å². The van der Waals surface area contributed by atoms with E-state index >= 15 is 0 Å². The summed E-state index contributed by atoms with van der Waals surface area (Å²) in [6, 6.07) is 5.60. The Hall–Kier alpha value is -2.68. The summed E-state index contributed by atoms with van der Waals surface area (Å²) >= 11 is 0. The Morgan fingerprint density at radius 1 is 1.26 bits per heavy atom. The molecule has 4 rings (SSSR count). The molecule has 2 saturated heterocycles. The summed E-state index contributed by atoms with van der Waals surface area (Å²) in [5.41, 5.74) is 0.127. The predicted octanol–water partition coefficient (Wildman–Crippen LogP) is 3.19. The van der Waals surface area contributed by atoms with Gasteiger partial charge in [0.15, 0.2) is 6.17 Å². The average molecular weight is 432 g/mol. The number of likely N-dealkylation sites (tertiary alicyclic amines) is 1. The first-order valence-electron chi connectivity index (χ1n) is 10.7. The van der Waals surface area contributed by atoms with Gasteiger partial charge >= 0.3 is 6.09 Å². The maximum Gasteiger partial charge on any atom is 0.410 e. The van der Waals surface area contributed by atoms with E-state index in [0.29, 0.717) is 32.1 Å². The van der Waals surface area contributed by atoms with Gasteiger partial charge in [0, 0.05) is 38.3 Å². The van der Waals surface area contributed by atoms with Crippen LogP contribution in [0.15, 0.2) is 24.4 Å². The van der Waals surface area contributed by atoms with Crippen LogP contribution in [0, 0.1) is 0 Å². The molecule has 8 nitrogen and oxygen atoms in total. The molecule has 0 N–H and O–H groups in total. The van der Waals surface area contributed by atoms with Crippen LogP contribution < -0.4 is 9.64 Å². The molecule has 2 fully saturated rings. The highest BCUT2D eigenvalue weighted by atomic mass is 19.1. The summed E-state index contributed by atoms with van der Waals surface area (Å²) in [7, 11) is 0. The van der Waals surface area contributed by atoms with Gasteiger partial charge in [-0.15, -0.1) is 0 Å². The number of nitrogens with zero attached hydrogens (tertiary/aromatic N) is 4. The molecule has 4 heterocycles. The van der Waals surface area contributed by atoms with E-state index in [2.05, 4.69) is 9.88 Å². The lowest BCUT2D eigenvalue weighted by Gasteiger charge is -2.35. The molecule has 168 valence electrons. The zero-order valence-electron chi connectivity index (χ0n) is 18.2. The first kappa shape index (κ1) is 21.5. The third-order valence-electron chi connectivity index (χ3n) is 5.28. The van der Waals surface area contributed by atoms with Gasteiger partial charge in [-0.25, -0.2) is 9.18 Å². The van der Waals surface area contributed by atoms with Gasteiger partial charge in [-0.1, -0.05) is 0 Å². The number of hydrogen-bond donors (Lipinski definition) is 0. The van der Waals surface area contributed by atoms with Crippen LogP contribution in [0.4, 0.5) is 15.0 Å². The van der Waals surface area contributed by atoms with Crippen molar-refractivity contribution in [2.75, 3.05) is 44.3 Å². The third kappa shape index (κ3) is 5.15. The SMILES string of the molecule is CC(C)(C)OC(=O)N1CC[C@H](Oc2nc(N3CCOCC3)cc3ncccc23)[C@@H](F)C1. The largest absolute Gasteiger partial charge is 0.471 e. The minimum atomic E-state index is -1.35. The quantitative estimate of drug-likeness (QED) is 0.737. The van der Waals surface area contributed by atoms with E-state index in [0.717, 1.165) is 29.8 Å². The van der Waals surface area contributed by atoms with Crippen molar-refractivity contribution in [1.29, 1.82) is 0 Å². The number of amides is 1. The molecule has 0 radical (unpaired) electrons. The number of carbonyl (C=O) groups excluding carboxylic acids is 1. The van der Waals surface area contributed by atoms with Crippen LogP contribution >= 0.6 is 0 Å². The van der Waals surface area contributed by atoms with Crippen LogP contribution in [0.25, 0.3) is 10.9 Å². The molecule has 0 aliphatic carbocycles. The highest BCUT2D eigenvalue weighted by Crippen LogP contribution is 2.30. The van der Waals surface area contributed by atoms with Gasteiger partial charge in [0.1, 0.15) is 17.5 Å². The van der Waals surface area contributed by atoms with Crippen LogP contribution in [0.3, 0.4) is 0 Å². The topological polar surface area (TPSA) is 77.0 Å². The van der Waals surface area contributed by atoms with Gasteiger partial charge in [0.05, 0.1) is 30.7 Å². The van der Waals surface area contributed by atoms with E-state index in [1.165, 1.54) is 4.90 Å². The average Bonchev–Trinajstić information content (AvgIpc) is 2.74. The molecule has 2 aromatic heterocycles. The maximum absolute atomic E-state index is 15.0. The molecule has 2 aliphatic heterocycles. The lowest BCUT2D eigenvalue weighted by atomic mass is 10.1.